The van der Waals surface area contributed by atoms with Crippen molar-refractivity contribution in [3.05, 3.63) is 106 Å². The van der Waals surface area contributed by atoms with Gasteiger partial charge in [0.15, 0.2) is 38.8 Å². The molecule has 8 rings (SSSR count). The second-order valence-corrected chi connectivity index (χ2v) is 15.6. The highest BCUT2D eigenvalue weighted by Gasteiger charge is 2.77. The monoisotopic (exact) mass is 858 g/mol. The smallest absolute Gasteiger partial charge is 0.433 e. The van der Waals surface area contributed by atoms with Crippen molar-refractivity contribution < 1.29 is 59.4 Å². The molecule has 2 aliphatic carbocycles. The number of carbonyl (C=O) groups excluding carboxylic acids is 4. The third-order valence-corrected chi connectivity index (χ3v) is 12.9. The number of allylic oxidation sites excluding steroid dienone is 2. The van der Waals surface area contributed by atoms with E-state index in [1.54, 1.807) is 12.1 Å². The summed E-state index contributed by atoms with van der Waals surface area (Å²) in [6, 6.07) is 10.4. The number of hydrogen-bond donors (Lipinski definition) is 1. The highest BCUT2D eigenvalue weighted by Crippen LogP contribution is 2.67. The van der Waals surface area contributed by atoms with Gasteiger partial charge in [-0.05, 0) is 47.7 Å². The van der Waals surface area contributed by atoms with Crippen LogP contribution < -0.4 is 9.91 Å². The molecule has 1 saturated carbocycles. The quantitative estimate of drug-likeness (QED) is 0.0555. The lowest BCUT2D eigenvalue weighted by molar-refractivity contribution is -0.141. The fraction of sp³-hybridized carbons (Fsp3) is 0.270. The van der Waals surface area contributed by atoms with Crippen LogP contribution in [-0.2, 0) is 25.4 Å². The first kappa shape index (κ1) is 38.9. The van der Waals surface area contributed by atoms with Gasteiger partial charge in [-0.2, -0.15) is 18.2 Å². The molecule has 6 atom stereocenters. The number of phenols is 1. The summed E-state index contributed by atoms with van der Waals surface area (Å²) in [6.07, 6.45) is -4.69. The maximum atomic E-state index is 15.4. The molecule has 3 fully saturated rings. The van der Waals surface area contributed by atoms with Gasteiger partial charge in [-0.25, -0.2) is 31.8 Å². The molecule has 1 aromatic heterocycles. The normalized spacial score (nSPS) is 27.2. The minimum absolute atomic E-state index is 0.0375. The molecule has 57 heavy (non-hydrogen) atoms. The van der Waals surface area contributed by atoms with Crippen LogP contribution in [0, 0.1) is 46.8 Å². The van der Waals surface area contributed by atoms with Gasteiger partial charge < -0.3 is 5.11 Å². The molecule has 6 unspecified atom stereocenters. The van der Waals surface area contributed by atoms with E-state index in [4.69, 9.17) is 34.8 Å². The molecule has 3 heterocycles. The van der Waals surface area contributed by atoms with E-state index in [-0.39, 0.29) is 32.9 Å². The number of carbonyl (C=O) groups is 4. The molecule has 4 amide bonds. The standard InChI is InChI=1S/C37H21Cl3F8N4O5/c1-50(30-18(38)9-11-20(49-30)37(46,47)48)52-31(54)16-8-7-15-17(21(16)32(52)55)12-35(39)33(56)51(29-27(44)25(42)24(41)26(43)28(29)45)34(57)36(35,40)23(15)22-14-5-3-2-4-13(14)6-10-19(22)53/h2-7,9-11,16-17,21,23,53H,8,12H2,1H3. The Morgan fingerprint density at radius 3 is 2.12 bits per heavy atom. The number of amides is 4. The van der Waals surface area contributed by atoms with Crippen LogP contribution in [0.15, 0.2) is 60.2 Å². The lowest BCUT2D eigenvalue weighted by Gasteiger charge is -2.51. The predicted octanol–water partition coefficient (Wildman–Crippen LogP) is 7.92. The number of aromatic hydroxyl groups is 1. The van der Waals surface area contributed by atoms with E-state index in [0.29, 0.717) is 21.5 Å². The summed E-state index contributed by atoms with van der Waals surface area (Å²) < 4.78 is 115. The van der Waals surface area contributed by atoms with Gasteiger partial charge >= 0.3 is 6.18 Å². The molecular formula is C37H21Cl3F8N4O5. The zero-order valence-electron chi connectivity index (χ0n) is 28.4. The van der Waals surface area contributed by atoms with E-state index >= 15 is 8.78 Å². The predicted molar refractivity (Wildman–Crippen MR) is 187 cm³/mol. The van der Waals surface area contributed by atoms with Crippen molar-refractivity contribution in [2.45, 2.75) is 34.7 Å². The highest BCUT2D eigenvalue weighted by atomic mass is 35.5. The molecule has 0 bridgehead atoms. The van der Waals surface area contributed by atoms with Crippen molar-refractivity contribution in [3.63, 3.8) is 0 Å². The minimum atomic E-state index is -4.95. The number of alkyl halides is 5. The number of hydrazine groups is 1. The Morgan fingerprint density at radius 2 is 1.47 bits per heavy atom. The first-order valence-corrected chi connectivity index (χ1v) is 17.9. The molecule has 2 aliphatic heterocycles. The number of benzene rings is 3. The number of pyridine rings is 1. The second kappa shape index (κ2) is 12.8. The van der Waals surface area contributed by atoms with Crippen LogP contribution in [0.1, 0.15) is 30.0 Å². The van der Waals surface area contributed by atoms with Gasteiger partial charge in [0, 0.05) is 18.5 Å². The lowest BCUT2D eigenvalue weighted by Crippen LogP contribution is -2.60. The first-order valence-electron chi connectivity index (χ1n) is 16.7. The summed E-state index contributed by atoms with van der Waals surface area (Å²) in [4.78, 5) is 55.0. The third-order valence-electron chi connectivity index (χ3n) is 11.2. The molecule has 4 aliphatic rings. The van der Waals surface area contributed by atoms with Crippen molar-refractivity contribution >= 4 is 80.7 Å². The van der Waals surface area contributed by atoms with E-state index in [0.717, 1.165) is 13.1 Å². The van der Waals surface area contributed by atoms with Crippen LogP contribution in [0.2, 0.25) is 5.02 Å². The number of halogens is 11. The molecule has 0 spiro atoms. The van der Waals surface area contributed by atoms with Crippen LogP contribution in [0.5, 0.6) is 5.75 Å². The van der Waals surface area contributed by atoms with Crippen molar-refractivity contribution in [2.75, 3.05) is 17.0 Å². The zero-order chi connectivity index (χ0) is 41.4. The molecule has 3 aromatic carbocycles. The Kier molecular flexibility index (Phi) is 8.69. The Hall–Kier alpha value is -5.00. The number of imide groups is 2. The molecule has 2 saturated heterocycles. The van der Waals surface area contributed by atoms with Gasteiger partial charge in [0.25, 0.3) is 23.6 Å². The van der Waals surface area contributed by atoms with Crippen LogP contribution in [0.25, 0.3) is 10.8 Å². The van der Waals surface area contributed by atoms with E-state index in [1.165, 1.54) is 30.3 Å². The lowest BCUT2D eigenvalue weighted by atomic mass is 9.56. The molecule has 296 valence electrons. The van der Waals surface area contributed by atoms with Gasteiger partial charge in [0.05, 0.1) is 16.9 Å². The number of hydrogen-bond acceptors (Lipinski definition) is 7. The van der Waals surface area contributed by atoms with E-state index in [1.807, 2.05) is 0 Å². The van der Waals surface area contributed by atoms with E-state index < -0.39 is 122 Å². The van der Waals surface area contributed by atoms with Crippen molar-refractivity contribution in [1.82, 2.24) is 9.99 Å². The highest BCUT2D eigenvalue weighted by molar-refractivity contribution is 6.58. The van der Waals surface area contributed by atoms with Gasteiger partial charge in [0.2, 0.25) is 5.82 Å². The molecule has 1 N–H and O–H groups in total. The maximum Gasteiger partial charge on any atom is 0.433 e. The third kappa shape index (κ3) is 5.10. The number of anilines is 2. The van der Waals surface area contributed by atoms with Crippen molar-refractivity contribution in [2.24, 2.45) is 17.8 Å². The number of aromatic nitrogens is 1. The Labute approximate surface area is 329 Å². The Bertz CT molecular complexity index is 2530. The SMILES string of the molecule is CN(c1nc(C(F)(F)F)ccc1Cl)N1C(=O)C2CC=C3C(CC4(Cl)C(=O)N(c5c(F)c(F)c(F)c(F)c5F)C(=O)C4(Cl)C3c3c(O)ccc4ccccc34)C2C1=O. The fourth-order valence-corrected chi connectivity index (χ4v) is 9.81. The zero-order valence-corrected chi connectivity index (χ0v) is 30.7. The topological polar surface area (TPSA) is 111 Å². The van der Waals surface area contributed by atoms with Gasteiger partial charge in [-0.15, -0.1) is 23.2 Å². The van der Waals surface area contributed by atoms with Crippen LogP contribution in [-0.4, -0.2) is 55.5 Å². The Morgan fingerprint density at radius 1 is 0.842 bits per heavy atom. The Balaban J connectivity index is 1.32. The summed E-state index contributed by atoms with van der Waals surface area (Å²) in [5.41, 5.74) is -3.51. The van der Waals surface area contributed by atoms with Gasteiger partial charge in [0.1, 0.15) is 17.1 Å². The largest absolute Gasteiger partial charge is 0.508 e. The number of phenolic OH excluding ortho intramolecular Hbond substituents is 1. The molecule has 20 heteroatoms. The molecule has 9 nitrogen and oxygen atoms in total. The average Bonchev–Trinajstić information content (AvgIpc) is 3.51. The molecule has 4 aromatic rings. The number of fused-ring (bicyclic) bond motifs is 5. The summed E-state index contributed by atoms with van der Waals surface area (Å²) in [7, 11) is 1.06. The van der Waals surface area contributed by atoms with Crippen molar-refractivity contribution in [1.29, 1.82) is 0 Å². The van der Waals surface area contributed by atoms with Gasteiger partial charge in [-0.3, -0.25) is 24.2 Å². The molecule has 0 radical (unpaired) electrons. The number of rotatable bonds is 4. The fourth-order valence-electron chi connectivity index (χ4n) is 8.66. The summed E-state index contributed by atoms with van der Waals surface area (Å²) in [5.74, 6) is -25.3. The summed E-state index contributed by atoms with van der Waals surface area (Å²) >= 11 is 20.6. The number of nitrogens with zero attached hydrogens (tertiary/aromatic N) is 4. The van der Waals surface area contributed by atoms with Crippen LogP contribution in [0.3, 0.4) is 0 Å². The van der Waals surface area contributed by atoms with Crippen molar-refractivity contribution in [3.8, 4) is 5.75 Å². The second-order valence-electron chi connectivity index (χ2n) is 13.9. The maximum absolute atomic E-state index is 15.4. The van der Waals surface area contributed by atoms with E-state index in [9.17, 15) is 50.6 Å². The summed E-state index contributed by atoms with van der Waals surface area (Å²) in [6.45, 7) is 0. The van der Waals surface area contributed by atoms with Gasteiger partial charge in [-0.1, -0.05) is 53.6 Å². The minimum Gasteiger partial charge on any atom is -0.508 e. The van der Waals surface area contributed by atoms with E-state index in [2.05, 4.69) is 4.98 Å². The summed E-state index contributed by atoms with van der Waals surface area (Å²) in [5, 5.41) is 13.0. The average molecular weight is 860 g/mol. The first-order chi connectivity index (χ1) is 26.7. The van der Waals surface area contributed by atoms with Crippen LogP contribution >= 0.6 is 34.8 Å². The molecular weight excluding hydrogens is 839 g/mol. The van der Waals surface area contributed by atoms with Crippen LogP contribution in [0.4, 0.5) is 46.6 Å².